The average Bonchev–Trinajstić information content (AvgIpc) is 2.14. The molecule has 0 spiro atoms. The number of alkyl halides is 1. The number of aryl methyl sites for hydroxylation is 1. The van der Waals surface area contributed by atoms with Gasteiger partial charge in [-0.1, -0.05) is 23.7 Å². The molecule has 0 amide bonds. The Labute approximate surface area is 87.7 Å². The van der Waals surface area contributed by atoms with Crippen LogP contribution < -0.4 is 0 Å². The van der Waals surface area contributed by atoms with Gasteiger partial charge in [0, 0.05) is 11.4 Å². The molecule has 0 radical (unpaired) electrons. The van der Waals surface area contributed by atoms with Gasteiger partial charge in [-0.25, -0.2) is 0 Å². The molecule has 0 aliphatic heterocycles. The van der Waals surface area contributed by atoms with Crippen molar-refractivity contribution in [3.63, 3.8) is 0 Å². The van der Waals surface area contributed by atoms with Crippen molar-refractivity contribution in [2.45, 2.75) is 12.8 Å². The van der Waals surface area contributed by atoms with Crippen LogP contribution in [0, 0.1) is 0 Å². The van der Waals surface area contributed by atoms with E-state index in [0.717, 1.165) is 5.56 Å². The van der Waals surface area contributed by atoms with Gasteiger partial charge in [-0.2, -0.15) is 0 Å². The quantitative estimate of drug-likeness (QED) is 0.708. The molecule has 13 heavy (non-hydrogen) atoms. The molecular weight excluding hydrogens is 207 g/mol. The molecule has 0 heterocycles. The second kappa shape index (κ2) is 5.25. The fraction of sp³-hybridized carbons (Fsp3) is 0.300. The van der Waals surface area contributed by atoms with Crippen molar-refractivity contribution in [3.05, 3.63) is 34.9 Å². The summed E-state index contributed by atoms with van der Waals surface area (Å²) in [5.74, 6) is 0.169. The zero-order valence-electron chi connectivity index (χ0n) is 7.09. The van der Waals surface area contributed by atoms with E-state index in [2.05, 4.69) is 0 Å². The zero-order chi connectivity index (χ0) is 9.68. The van der Waals surface area contributed by atoms with Gasteiger partial charge in [0.2, 0.25) is 0 Å². The summed E-state index contributed by atoms with van der Waals surface area (Å²) in [6, 6.07) is 7.51. The fourth-order valence-corrected chi connectivity index (χ4v) is 1.39. The SMILES string of the molecule is O=C(CCl)CCc1cccc(Cl)c1. The van der Waals surface area contributed by atoms with Gasteiger partial charge in [-0.05, 0) is 24.1 Å². The maximum Gasteiger partial charge on any atom is 0.147 e. The zero-order valence-corrected chi connectivity index (χ0v) is 8.61. The summed E-state index contributed by atoms with van der Waals surface area (Å²) in [7, 11) is 0. The molecule has 1 aromatic rings. The molecule has 1 rings (SSSR count). The summed E-state index contributed by atoms with van der Waals surface area (Å²) in [6.07, 6.45) is 1.20. The van der Waals surface area contributed by atoms with Crippen LogP contribution in [-0.4, -0.2) is 11.7 Å². The van der Waals surface area contributed by atoms with E-state index in [1.54, 1.807) is 0 Å². The molecule has 0 unspecified atom stereocenters. The van der Waals surface area contributed by atoms with E-state index < -0.39 is 0 Å². The van der Waals surface area contributed by atoms with Gasteiger partial charge in [-0.3, -0.25) is 4.79 Å². The third-order valence-corrected chi connectivity index (χ3v) is 2.26. The first-order valence-corrected chi connectivity index (χ1v) is 4.95. The van der Waals surface area contributed by atoms with Crippen LogP contribution in [-0.2, 0) is 11.2 Å². The normalized spacial score (nSPS) is 10.0. The Hall–Kier alpha value is -0.530. The van der Waals surface area contributed by atoms with Crippen LogP contribution >= 0.6 is 23.2 Å². The largest absolute Gasteiger partial charge is 0.298 e. The van der Waals surface area contributed by atoms with Crippen molar-refractivity contribution in [2.24, 2.45) is 0 Å². The smallest absolute Gasteiger partial charge is 0.147 e. The van der Waals surface area contributed by atoms with Crippen molar-refractivity contribution in [1.82, 2.24) is 0 Å². The Balaban J connectivity index is 2.50. The Morgan fingerprint density at radius 3 is 2.77 bits per heavy atom. The van der Waals surface area contributed by atoms with E-state index in [9.17, 15) is 4.79 Å². The minimum atomic E-state index is 0.0710. The maximum absolute atomic E-state index is 10.9. The van der Waals surface area contributed by atoms with Crippen molar-refractivity contribution >= 4 is 29.0 Å². The molecule has 0 aliphatic rings. The molecule has 1 aromatic carbocycles. The van der Waals surface area contributed by atoms with E-state index >= 15 is 0 Å². The highest BCUT2D eigenvalue weighted by Crippen LogP contribution is 2.12. The number of carbonyl (C=O) groups excluding carboxylic acids is 1. The van der Waals surface area contributed by atoms with E-state index in [0.29, 0.717) is 17.9 Å². The predicted molar refractivity (Wildman–Crippen MR) is 55.5 cm³/mol. The highest BCUT2D eigenvalue weighted by atomic mass is 35.5. The van der Waals surface area contributed by atoms with E-state index in [4.69, 9.17) is 23.2 Å². The van der Waals surface area contributed by atoms with Crippen molar-refractivity contribution in [1.29, 1.82) is 0 Å². The van der Waals surface area contributed by atoms with Gasteiger partial charge in [0.05, 0.1) is 5.88 Å². The highest BCUT2D eigenvalue weighted by molar-refractivity contribution is 6.30. The number of benzene rings is 1. The second-order valence-corrected chi connectivity index (χ2v) is 3.51. The van der Waals surface area contributed by atoms with E-state index in [1.807, 2.05) is 24.3 Å². The minimum Gasteiger partial charge on any atom is -0.298 e. The van der Waals surface area contributed by atoms with Crippen molar-refractivity contribution in [3.8, 4) is 0 Å². The summed E-state index contributed by atoms with van der Waals surface area (Å²) >= 11 is 11.2. The molecule has 0 aliphatic carbocycles. The summed E-state index contributed by atoms with van der Waals surface area (Å²) in [4.78, 5) is 10.9. The van der Waals surface area contributed by atoms with E-state index in [1.165, 1.54) is 0 Å². The molecule has 0 N–H and O–H groups in total. The summed E-state index contributed by atoms with van der Waals surface area (Å²) in [5, 5.41) is 0.704. The van der Waals surface area contributed by atoms with Crippen LogP contribution in [0.4, 0.5) is 0 Å². The summed E-state index contributed by atoms with van der Waals surface area (Å²) in [5.41, 5.74) is 1.07. The molecule has 70 valence electrons. The summed E-state index contributed by atoms with van der Waals surface area (Å²) in [6.45, 7) is 0. The monoisotopic (exact) mass is 216 g/mol. The predicted octanol–water partition coefficient (Wildman–Crippen LogP) is 3.08. The van der Waals surface area contributed by atoms with Crippen LogP contribution in [0.2, 0.25) is 5.02 Å². The molecule has 0 saturated carbocycles. The highest BCUT2D eigenvalue weighted by Gasteiger charge is 2.00. The molecule has 0 bridgehead atoms. The van der Waals surface area contributed by atoms with Crippen LogP contribution in [0.25, 0.3) is 0 Å². The van der Waals surface area contributed by atoms with Gasteiger partial charge in [0.1, 0.15) is 5.78 Å². The van der Waals surface area contributed by atoms with Gasteiger partial charge in [0.15, 0.2) is 0 Å². The van der Waals surface area contributed by atoms with Crippen molar-refractivity contribution in [2.75, 3.05) is 5.88 Å². The van der Waals surface area contributed by atoms with E-state index in [-0.39, 0.29) is 11.7 Å². The maximum atomic E-state index is 10.9. The average molecular weight is 217 g/mol. The number of hydrogen-bond donors (Lipinski definition) is 0. The topological polar surface area (TPSA) is 17.1 Å². The molecule has 0 aromatic heterocycles. The second-order valence-electron chi connectivity index (χ2n) is 2.80. The lowest BCUT2D eigenvalue weighted by Crippen LogP contribution is -2.00. The van der Waals surface area contributed by atoms with Crippen LogP contribution in [0.3, 0.4) is 0 Å². The van der Waals surface area contributed by atoms with Gasteiger partial charge in [0.25, 0.3) is 0 Å². The number of rotatable bonds is 4. The lowest BCUT2D eigenvalue weighted by Gasteiger charge is -1.99. The lowest BCUT2D eigenvalue weighted by atomic mass is 10.1. The molecule has 3 heteroatoms. The number of Topliss-reactive ketones (excluding diaryl/α,β-unsaturated/α-hetero) is 1. The Morgan fingerprint density at radius 1 is 1.38 bits per heavy atom. The van der Waals surface area contributed by atoms with Gasteiger partial charge in [-0.15, -0.1) is 11.6 Å². The number of hydrogen-bond acceptors (Lipinski definition) is 1. The lowest BCUT2D eigenvalue weighted by molar-refractivity contribution is -0.116. The third-order valence-electron chi connectivity index (χ3n) is 1.73. The first-order chi connectivity index (χ1) is 6.22. The molecular formula is C10H10Cl2O. The third kappa shape index (κ3) is 3.79. The van der Waals surface area contributed by atoms with Gasteiger partial charge >= 0.3 is 0 Å². The fourth-order valence-electron chi connectivity index (χ4n) is 1.04. The van der Waals surface area contributed by atoms with Crippen LogP contribution in [0.5, 0.6) is 0 Å². The number of carbonyl (C=O) groups is 1. The molecule has 0 saturated heterocycles. The van der Waals surface area contributed by atoms with Crippen LogP contribution in [0.15, 0.2) is 24.3 Å². The number of ketones is 1. The van der Waals surface area contributed by atoms with Gasteiger partial charge < -0.3 is 0 Å². The minimum absolute atomic E-state index is 0.0710. The molecule has 0 atom stereocenters. The number of halogens is 2. The van der Waals surface area contributed by atoms with Crippen LogP contribution in [0.1, 0.15) is 12.0 Å². The first-order valence-electron chi connectivity index (χ1n) is 4.04. The first kappa shape index (κ1) is 10.6. The Kier molecular flexibility index (Phi) is 4.26. The van der Waals surface area contributed by atoms with Crippen molar-refractivity contribution < 1.29 is 4.79 Å². The molecule has 1 nitrogen and oxygen atoms in total. The molecule has 0 fully saturated rings. The Bertz CT molecular complexity index is 297. The Morgan fingerprint density at radius 2 is 2.15 bits per heavy atom. The standard InChI is InChI=1S/C10H10Cl2O/c11-7-10(13)5-4-8-2-1-3-9(12)6-8/h1-3,6H,4-5,7H2. The summed E-state index contributed by atoms with van der Waals surface area (Å²) < 4.78 is 0.